The lowest BCUT2D eigenvalue weighted by Crippen LogP contribution is -2.09. The van der Waals surface area contributed by atoms with Crippen LogP contribution in [-0.2, 0) is 6.18 Å². The van der Waals surface area contributed by atoms with Gasteiger partial charge in [0.2, 0.25) is 0 Å². The van der Waals surface area contributed by atoms with Gasteiger partial charge in [0, 0.05) is 5.02 Å². The molecule has 0 amide bonds. The second-order valence-corrected chi connectivity index (χ2v) is 4.60. The summed E-state index contributed by atoms with van der Waals surface area (Å²) in [7, 11) is 0. The Balaban J connectivity index is 2.49. The van der Waals surface area contributed by atoms with E-state index in [9.17, 15) is 13.2 Å². The zero-order valence-corrected chi connectivity index (χ0v) is 9.91. The molecule has 0 heterocycles. The number of hydrogen-bond donors (Lipinski definition) is 0. The minimum atomic E-state index is -4.35. The normalized spacial score (nSPS) is 16.8. The topological polar surface area (TPSA) is 0 Å². The number of benzene rings is 1. The molecule has 1 aromatic rings. The van der Waals surface area contributed by atoms with Crippen LogP contribution in [0.25, 0.3) is 5.57 Å². The van der Waals surface area contributed by atoms with Crippen LogP contribution in [0.5, 0.6) is 0 Å². The predicted octanol–water partition coefficient (Wildman–Crippen LogP) is 5.32. The van der Waals surface area contributed by atoms with Gasteiger partial charge in [0.05, 0.1) is 5.56 Å². The molecule has 0 radical (unpaired) electrons. The molecule has 0 fully saturated rings. The summed E-state index contributed by atoms with van der Waals surface area (Å²) in [4.78, 5) is 0. The van der Waals surface area contributed by atoms with E-state index in [0.717, 1.165) is 30.9 Å². The van der Waals surface area contributed by atoms with Crippen molar-refractivity contribution in [3.63, 3.8) is 0 Å². The molecule has 1 aliphatic carbocycles. The highest BCUT2D eigenvalue weighted by atomic mass is 35.5. The molecule has 0 atom stereocenters. The first-order valence-electron chi connectivity index (χ1n) is 5.54. The summed E-state index contributed by atoms with van der Waals surface area (Å²) < 4.78 is 38.7. The molecule has 0 aliphatic heterocycles. The summed E-state index contributed by atoms with van der Waals surface area (Å²) in [5, 5.41) is 0.123. The standard InChI is InChI=1S/C13H12ClF3/c14-10-6-7-11(9-4-2-1-3-5-9)12(8-10)13(15,16)17/h4,6-8H,1-3,5H2. The van der Waals surface area contributed by atoms with Crippen molar-refractivity contribution in [1.82, 2.24) is 0 Å². The minimum absolute atomic E-state index is 0.123. The molecular weight excluding hydrogens is 249 g/mol. The Morgan fingerprint density at radius 1 is 1.12 bits per heavy atom. The van der Waals surface area contributed by atoms with Crippen molar-refractivity contribution in [2.24, 2.45) is 0 Å². The number of halogens is 4. The molecule has 1 aliphatic rings. The summed E-state index contributed by atoms with van der Waals surface area (Å²) in [5.41, 5.74) is 0.444. The first-order chi connectivity index (χ1) is 7.98. The molecule has 17 heavy (non-hydrogen) atoms. The molecule has 0 saturated heterocycles. The highest BCUT2D eigenvalue weighted by molar-refractivity contribution is 6.30. The van der Waals surface area contributed by atoms with Crippen molar-refractivity contribution in [2.75, 3.05) is 0 Å². The van der Waals surface area contributed by atoms with E-state index >= 15 is 0 Å². The van der Waals surface area contributed by atoms with Gasteiger partial charge >= 0.3 is 6.18 Å². The lowest BCUT2D eigenvalue weighted by molar-refractivity contribution is -0.137. The van der Waals surface area contributed by atoms with Crippen LogP contribution in [-0.4, -0.2) is 0 Å². The van der Waals surface area contributed by atoms with Crippen molar-refractivity contribution in [2.45, 2.75) is 31.9 Å². The van der Waals surface area contributed by atoms with Crippen LogP contribution in [0.3, 0.4) is 0 Å². The van der Waals surface area contributed by atoms with Gasteiger partial charge in [-0.1, -0.05) is 23.7 Å². The monoisotopic (exact) mass is 260 g/mol. The van der Waals surface area contributed by atoms with Crippen molar-refractivity contribution in [1.29, 1.82) is 0 Å². The van der Waals surface area contributed by atoms with Gasteiger partial charge in [-0.05, 0) is 49.0 Å². The summed E-state index contributed by atoms with van der Waals surface area (Å²) in [6.45, 7) is 0. The fourth-order valence-corrected chi connectivity index (χ4v) is 2.29. The number of allylic oxidation sites excluding steroid dienone is 2. The summed E-state index contributed by atoms with van der Waals surface area (Å²) in [5.74, 6) is 0. The average Bonchev–Trinajstić information content (AvgIpc) is 2.29. The molecule has 2 rings (SSSR count). The molecule has 0 bridgehead atoms. The lowest BCUT2D eigenvalue weighted by atomic mass is 9.90. The fraction of sp³-hybridized carbons (Fsp3) is 0.385. The lowest BCUT2D eigenvalue weighted by Gasteiger charge is -2.18. The third-order valence-corrected chi connectivity index (χ3v) is 3.16. The molecule has 0 saturated carbocycles. The SMILES string of the molecule is FC(F)(F)c1cc(Cl)ccc1C1=CCCCC1. The van der Waals surface area contributed by atoms with Gasteiger partial charge in [0.25, 0.3) is 0 Å². The molecule has 0 unspecified atom stereocenters. The Bertz CT molecular complexity index is 446. The van der Waals surface area contributed by atoms with Crippen LogP contribution in [0.2, 0.25) is 5.02 Å². The molecular formula is C13H12ClF3. The Hall–Kier alpha value is -0.960. The van der Waals surface area contributed by atoms with Crippen LogP contribution in [0, 0.1) is 0 Å². The zero-order valence-electron chi connectivity index (χ0n) is 9.15. The van der Waals surface area contributed by atoms with Crippen molar-refractivity contribution in [3.05, 3.63) is 40.4 Å². The second kappa shape index (κ2) is 4.73. The summed E-state index contributed by atoms with van der Waals surface area (Å²) in [6.07, 6.45) is 1.13. The maximum absolute atomic E-state index is 12.9. The van der Waals surface area contributed by atoms with Gasteiger partial charge in [0.1, 0.15) is 0 Å². The minimum Gasteiger partial charge on any atom is -0.166 e. The first-order valence-corrected chi connectivity index (χ1v) is 5.92. The Labute approximate surface area is 103 Å². The first kappa shape index (κ1) is 12.5. The highest BCUT2D eigenvalue weighted by Gasteiger charge is 2.34. The fourth-order valence-electron chi connectivity index (χ4n) is 2.11. The summed E-state index contributed by atoms with van der Waals surface area (Å²) >= 11 is 5.64. The molecule has 4 heteroatoms. The van der Waals surface area contributed by atoms with Gasteiger partial charge in [0.15, 0.2) is 0 Å². The van der Waals surface area contributed by atoms with Gasteiger partial charge in [-0.3, -0.25) is 0 Å². The number of hydrogen-bond acceptors (Lipinski definition) is 0. The Morgan fingerprint density at radius 3 is 2.47 bits per heavy atom. The van der Waals surface area contributed by atoms with Gasteiger partial charge in [-0.2, -0.15) is 13.2 Å². The smallest absolute Gasteiger partial charge is 0.166 e. The largest absolute Gasteiger partial charge is 0.417 e. The molecule has 1 aromatic carbocycles. The van der Waals surface area contributed by atoms with Crippen LogP contribution in [0.1, 0.15) is 36.8 Å². The van der Waals surface area contributed by atoms with Crippen LogP contribution >= 0.6 is 11.6 Å². The van der Waals surface area contributed by atoms with Crippen molar-refractivity contribution in [3.8, 4) is 0 Å². The van der Waals surface area contributed by atoms with Gasteiger partial charge < -0.3 is 0 Å². The van der Waals surface area contributed by atoms with Crippen LogP contribution < -0.4 is 0 Å². The molecule has 0 aromatic heterocycles. The second-order valence-electron chi connectivity index (χ2n) is 4.16. The quantitative estimate of drug-likeness (QED) is 0.641. The van der Waals surface area contributed by atoms with Gasteiger partial charge in [-0.25, -0.2) is 0 Å². The molecule has 0 spiro atoms. The highest BCUT2D eigenvalue weighted by Crippen LogP contribution is 2.39. The predicted molar refractivity (Wildman–Crippen MR) is 62.9 cm³/mol. The van der Waals surface area contributed by atoms with E-state index in [4.69, 9.17) is 11.6 Å². The van der Waals surface area contributed by atoms with Crippen molar-refractivity contribution < 1.29 is 13.2 Å². The van der Waals surface area contributed by atoms with E-state index in [1.165, 1.54) is 12.1 Å². The molecule has 0 N–H and O–H groups in total. The third kappa shape index (κ3) is 2.83. The summed E-state index contributed by atoms with van der Waals surface area (Å²) in [6, 6.07) is 4.00. The van der Waals surface area contributed by atoms with Crippen LogP contribution in [0.4, 0.5) is 13.2 Å². The zero-order chi connectivity index (χ0) is 12.5. The van der Waals surface area contributed by atoms with E-state index in [1.807, 2.05) is 6.08 Å². The third-order valence-electron chi connectivity index (χ3n) is 2.92. The number of rotatable bonds is 1. The van der Waals surface area contributed by atoms with Gasteiger partial charge in [-0.15, -0.1) is 0 Å². The van der Waals surface area contributed by atoms with Crippen molar-refractivity contribution >= 4 is 17.2 Å². The number of alkyl halides is 3. The van der Waals surface area contributed by atoms with E-state index < -0.39 is 11.7 Å². The maximum Gasteiger partial charge on any atom is 0.417 e. The molecule has 0 nitrogen and oxygen atoms in total. The molecule has 92 valence electrons. The maximum atomic E-state index is 12.9. The van der Waals surface area contributed by atoms with E-state index in [1.54, 1.807) is 0 Å². The Kier molecular flexibility index (Phi) is 3.48. The average molecular weight is 261 g/mol. The Morgan fingerprint density at radius 2 is 1.88 bits per heavy atom. The van der Waals surface area contributed by atoms with Crippen LogP contribution in [0.15, 0.2) is 24.3 Å². The van der Waals surface area contributed by atoms with E-state index in [2.05, 4.69) is 0 Å². The van der Waals surface area contributed by atoms with E-state index in [0.29, 0.717) is 6.42 Å². The van der Waals surface area contributed by atoms with E-state index in [-0.39, 0.29) is 10.6 Å².